The number of aliphatic hydroxyl groups is 1. The number of halogens is 2. The lowest BCUT2D eigenvalue weighted by Gasteiger charge is -2.10. The van der Waals surface area contributed by atoms with Crippen LogP contribution in [0.3, 0.4) is 0 Å². The molecule has 2 N–H and O–H groups in total. The Morgan fingerprint density at radius 3 is 2.76 bits per heavy atom. The number of aromatic nitrogens is 2. The summed E-state index contributed by atoms with van der Waals surface area (Å²) in [5.41, 5.74) is 0.454. The van der Waals surface area contributed by atoms with Crippen molar-refractivity contribution in [1.82, 2.24) is 14.5 Å². The fourth-order valence-electron chi connectivity index (χ4n) is 1.75. The standard InChI is InChI=1S/C12H13ClFN3O3S/c1-17-6-8(4-15-17)5-16-21(19,20)11-3-10(13)2-9(7-18)12(11)14/h2-4,6,16,18H,5,7H2,1H3. The number of hydrogen-bond donors (Lipinski definition) is 2. The molecule has 0 saturated heterocycles. The fraction of sp³-hybridized carbons (Fsp3) is 0.250. The summed E-state index contributed by atoms with van der Waals surface area (Å²) in [4.78, 5) is -0.594. The van der Waals surface area contributed by atoms with Crippen molar-refractivity contribution in [3.8, 4) is 0 Å². The molecule has 21 heavy (non-hydrogen) atoms. The highest BCUT2D eigenvalue weighted by molar-refractivity contribution is 7.89. The molecule has 0 aliphatic heterocycles. The molecule has 9 heteroatoms. The predicted molar refractivity (Wildman–Crippen MR) is 74.6 cm³/mol. The normalized spacial score (nSPS) is 11.8. The second kappa shape index (κ2) is 6.10. The highest BCUT2D eigenvalue weighted by atomic mass is 35.5. The van der Waals surface area contributed by atoms with Crippen molar-refractivity contribution >= 4 is 21.6 Å². The molecule has 114 valence electrons. The zero-order valence-corrected chi connectivity index (χ0v) is 12.6. The van der Waals surface area contributed by atoms with Crippen LogP contribution in [0.25, 0.3) is 0 Å². The van der Waals surface area contributed by atoms with Gasteiger partial charge in [0.2, 0.25) is 10.0 Å². The van der Waals surface area contributed by atoms with Crippen LogP contribution in [0.5, 0.6) is 0 Å². The lowest BCUT2D eigenvalue weighted by molar-refractivity contribution is 0.274. The van der Waals surface area contributed by atoms with Gasteiger partial charge in [-0.1, -0.05) is 11.6 Å². The Kier molecular flexibility index (Phi) is 4.62. The van der Waals surface area contributed by atoms with Crippen LogP contribution >= 0.6 is 11.6 Å². The molecule has 0 aliphatic rings. The molecule has 0 unspecified atom stereocenters. The lowest BCUT2D eigenvalue weighted by Crippen LogP contribution is -2.24. The molecule has 1 heterocycles. The molecule has 2 aromatic rings. The molecule has 0 saturated carbocycles. The minimum Gasteiger partial charge on any atom is -0.392 e. The van der Waals surface area contributed by atoms with Crippen LogP contribution in [0.15, 0.2) is 29.4 Å². The van der Waals surface area contributed by atoms with E-state index in [1.54, 1.807) is 13.2 Å². The van der Waals surface area contributed by atoms with Gasteiger partial charge in [-0.25, -0.2) is 17.5 Å². The second-order valence-electron chi connectivity index (χ2n) is 4.38. The summed E-state index contributed by atoms with van der Waals surface area (Å²) >= 11 is 5.74. The largest absolute Gasteiger partial charge is 0.392 e. The van der Waals surface area contributed by atoms with Gasteiger partial charge in [0, 0.05) is 35.9 Å². The molecule has 1 aromatic heterocycles. The molecular formula is C12H13ClFN3O3S. The van der Waals surface area contributed by atoms with Crippen LogP contribution in [0, 0.1) is 5.82 Å². The Balaban J connectivity index is 2.29. The van der Waals surface area contributed by atoms with Crippen molar-refractivity contribution in [3.05, 3.63) is 46.5 Å². The number of hydrogen-bond acceptors (Lipinski definition) is 4. The molecule has 0 bridgehead atoms. The van der Waals surface area contributed by atoms with E-state index in [1.165, 1.54) is 16.9 Å². The van der Waals surface area contributed by atoms with Crippen molar-refractivity contribution in [3.63, 3.8) is 0 Å². The van der Waals surface area contributed by atoms with Gasteiger partial charge in [-0.3, -0.25) is 4.68 Å². The first-order valence-corrected chi connectivity index (χ1v) is 7.75. The third kappa shape index (κ3) is 3.59. The number of aliphatic hydroxyl groups excluding tert-OH is 1. The Labute approximate surface area is 126 Å². The minimum absolute atomic E-state index is 0.0298. The minimum atomic E-state index is -4.09. The molecular weight excluding hydrogens is 321 g/mol. The monoisotopic (exact) mass is 333 g/mol. The fourth-order valence-corrected chi connectivity index (χ4v) is 3.22. The molecule has 0 spiro atoms. The van der Waals surface area contributed by atoms with E-state index in [-0.39, 0.29) is 17.1 Å². The van der Waals surface area contributed by atoms with E-state index in [4.69, 9.17) is 16.7 Å². The van der Waals surface area contributed by atoms with E-state index >= 15 is 0 Å². The van der Waals surface area contributed by atoms with Crippen LogP contribution in [-0.4, -0.2) is 23.3 Å². The van der Waals surface area contributed by atoms with E-state index in [1.807, 2.05) is 0 Å². The van der Waals surface area contributed by atoms with E-state index in [9.17, 15) is 12.8 Å². The van der Waals surface area contributed by atoms with Crippen molar-refractivity contribution in [2.75, 3.05) is 0 Å². The summed E-state index contributed by atoms with van der Waals surface area (Å²) in [7, 11) is -2.40. The Hall–Kier alpha value is -1.48. The number of rotatable bonds is 5. The summed E-state index contributed by atoms with van der Waals surface area (Å²) in [6.07, 6.45) is 3.13. The van der Waals surface area contributed by atoms with Crippen molar-refractivity contribution in [2.45, 2.75) is 18.0 Å². The Morgan fingerprint density at radius 1 is 1.48 bits per heavy atom. The summed E-state index contributed by atoms with van der Waals surface area (Å²) in [5, 5.41) is 13.0. The number of benzene rings is 1. The van der Waals surface area contributed by atoms with Crippen molar-refractivity contribution < 1.29 is 17.9 Å². The summed E-state index contributed by atoms with van der Waals surface area (Å²) in [6, 6.07) is 2.18. The van der Waals surface area contributed by atoms with E-state index in [0.717, 1.165) is 6.07 Å². The lowest BCUT2D eigenvalue weighted by atomic mass is 10.2. The van der Waals surface area contributed by atoms with Gasteiger partial charge in [-0.2, -0.15) is 5.10 Å². The maximum Gasteiger partial charge on any atom is 0.243 e. The first-order valence-electron chi connectivity index (χ1n) is 5.89. The van der Waals surface area contributed by atoms with Crippen LogP contribution in [-0.2, 0) is 30.2 Å². The summed E-state index contributed by atoms with van der Waals surface area (Å²) < 4.78 is 42.1. The molecule has 1 aromatic carbocycles. The van der Waals surface area contributed by atoms with E-state index in [0.29, 0.717) is 5.56 Å². The Bertz CT molecular complexity index is 761. The van der Waals surface area contributed by atoms with Gasteiger partial charge < -0.3 is 5.11 Å². The van der Waals surface area contributed by atoms with Gasteiger partial charge in [0.15, 0.2) is 0 Å². The van der Waals surface area contributed by atoms with Crippen molar-refractivity contribution in [1.29, 1.82) is 0 Å². The van der Waals surface area contributed by atoms with Crippen LogP contribution in [0.1, 0.15) is 11.1 Å². The number of nitrogens with zero attached hydrogens (tertiary/aromatic N) is 2. The average Bonchev–Trinajstić information content (AvgIpc) is 2.84. The molecule has 6 nitrogen and oxygen atoms in total. The Morgan fingerprint density at radius 2 is 2.19 bits per heavy atom. The summed E-state index contributed by atoms with van der Waals surface area (Å²) in [6.45, 7) is -0.673. The van der Waals surface area contributed by atoms with E-state index in [2.05, 4.69) is 9.82 Å². The zero-order valence-electron chi connectivity index (χ0n) is 11.0. The molecule has 0 radical (unpaired) electrons. The van der Waals surface area contributed by atoms with Gasteiger partial charge in [-0.15, -0.1) is 0 Å². The number of aryl methyl sites for hydroxylation is 1. The second-order valence-corrected chi connectivity index (χ2v) is 6.55. The maximum atomic E-state index is 14.0. The third-order valence-corrected chi connectivity index (χ3v) is 4.38. The first kappa shape index (κ1) is 15.9. The SMILES string of the molecule is Cn1cc(CNS(=O)(=O)c2cc(Cl)cc(CO)c2F)cn1. The van der Waals surface area contributed by atoms with Gasteiger partial charge in [0.1, 0.15) is 10.7 Å². The third-order valence-electron chi connectivity index (χ3n) is 2.76. The van der Waals surface area contributed by atoms with E-state index < -0.39 is 27.3 Å². The van der Waals surface area contributed by atoms with Gasteiger partial charge >= 0.3 is 0 Å². The predicted octanol–water partition coefficient (Wildman–Crippen LogP) is 1.18. The van der Waals surface area contributed by atoms with Gasteiger partial charge in [0.25, 0.3) is 0 Å². The molecule has 0 fully saturated rings. The summed E-state index contributed by atoms with van der Waals surface area (Å²) in [5.74, 6) is -1.01. The highest BCUT2D eigenvalue weighted by Gasteiger charge is 2.22. The molecule has 0 aliphatic carbocycles. The maximum absolute atomic E-state index is 14.0. The highest BCUT2D eigenvalue weighted by Crippen LogP contribution is 2.24. The van der Waals surface area contributed by atoms with Crippen molar-refractivity contribution in [2.24, 2.45) is 7.05 Å². The molecule has 0 atom stereocenters. The molecule has 2 rings (SSSR count). The van der Waals surface area contributed by atoms with Crippen LogP contribution in [0.4, 0.5) is 4.39 Å². The first-order chi connectivity index (χ1) is 9.83. The van der Waals surface area contributed by atoms with Crippen LogP contribution < -0.4 is 4.72 Å². The number of nitrogens with one attached hydrogen (secondary N) is 1. The number of sulfonamides is 1. The van der Waals surface area contributed by atoms with Gasteiger partial charge in [-0.05, 0) is 12.1 Å². The zero-order chi connectivity index (χ0) is 15.6. The average molecular weight is 334 g/mol. The quantitative estimate of drug-likeness (QED) is 0.860. The van der Waals surface area contributed by atoms with Gasteiger partial charge in [0.05, 0.1) is 12.8 Å². The smallest absolute Gasteiger partial charge is 0.243 e. The molecule has 0 amide bonds. The van der Waals surface area contributed by atoms with Crippen LogP contribution in [0.2, 0.25) is 5.02 Å². The topological polar surface area (TPSA) is 84.2 Å².